The summed E-state index contributed by atoms with van der Waals surface area (Å²) in [7, 11) is 2.10. The molecule has 1 aromatic carbocycles. The number of benzene rings is 1. The van der Waals surface area contributed by atoms with Crippen molar-refractivity contribution in [2.75, 3.05) is 38.5 Å². The van der Waals surface area contributed by atoms with Crippen LogP contribution >= 0.6 is 11.6 Å². The van der Waals surface area contributed by atoms with Crippen LogP contribution in [0.15, 0.2) is 48.8 Å². The molecule has 0 radical (unpaired) electrons. The van der Waals surface area contributed by atoms with Crippen LogP contribution in [0.2, 0.25) is 5.02 Å². The van der Waals surface area contributed by atoms with Crippen molar-refractivity contribution >= 4 is 29.1 Å². The van der Waals surface area contributed by atoms with Gasteiger partial charge in [-0.2, -0.15) is 0 Å². The molecule has 1 N–H and O–H groups in total. The zero-order valence-corrected chi connectivity index (χ0v) is 18.7. The lowest BCUT2D eigenvalue weighted by Crippen LogP contribution is -2.49. The molecule has 1 unspecified atom stereocenters. The van der Waals surface area contributed by atoms with Gasteiger partial charge in [-0.05, 0) is 61.3 Å². The topological polar surface area (TPSA) is 74.2 Å². The summed E-state index contributed by atoms with van der Waals surface area (Å²) in [5, 5.41) is 3.90. The Hall–Kier alpha value is -3.03. The van der Waals surface area contributed by atoms with Crippen molar-refractivity contribution in [2.45, 2.75) is 12.8 Å². The number of nitrogens with one attached hydrogen (secondary N) is 1. The Morgan fingerprint density at radius 1 is 0.969 bits per heavy atom. The second-order valence-electron chi connectivity index (χ2n) is 8.47. The Balaban J connectivity index is 1.28. The van der Waals surface area contributed by atoms with Gasteiger partial charge in [-0.25, -0.2) is 9.97 Å². The first-order valence-electron chi connectivity index (χ1n) is 10.9. The minimum atomic E-state index is 0.0390. The predicted octanol–water partition coefficient (Wildman–Crippen LogP) is 3.42. The third-order valence-corrected chi connectivity index (χ3v) is 6.43. The summed E-state index contributed by atoms with van der Waals surface area (Å²) in [6.07, 6.45) is 4.95. The summed E-state index contributed by atoms with van der Waals surface area (Å²) in [5.41, 5.74) is 4.77. The number of aromatic nitrogens is 3. The van der Waals surface area contributed by atoms with E-state index in [4.69, 9.17) is 11.6 Å². The second kappa shape index (κ2) is 8.84. The number of pyridine rings is 1. The third-order valence-electron chi connectivity index (χ3n) is 6.20. The van der Waals surface area contributed by atoms with E-state index in [1.165, 1.54) is 11.1 Å². The maximum absolute atomic E-state index is 13.0. The lowest BCUT2D eigenvalue weighted by atomic mass is 10.0. The molecule has 1 fully saturated rings. The molecule has 0 saturated carbocycles. The molecular weight excluding hydrogens is 424 g/mol. The number of hydrogen-bond acceptors (Lipinski definition) is 6. The van der Waals surface area contributed by atoms with Crippen molar-refractivity contribution in [2.24, 2.45) is 5.92 Å². The Labute approximate surface area is 192 Å². The second-order valence-corrected chi connectivity index (χ2v) is 8.90. The highest BCUT2D eigenvalue weighted by molar-refractivity contribution is 6.30. The van der Waals surface area contributed by atoms with E-state index in [-0.39, 0.29) is 11.8 Å². The first kappa shape index (κ1) is 20.8. The number of rotatable bonds is 4. The van der Waals surface area contributed by atoms with Gasteiger partial charge < -0.3 is 15.1 Å². The predicted molar refractivity (Wildman–Crippen MR) is 125 cm³/mol. The Morgan fingerprint density at radius 2 is 1.75 bits per heavy atom. The van der Waals surface area contributed by atoms with Crippen molar-refractivity contribution in [1.82, 2.24) is 24.8 Å². The van der Waals surface area contributed by atoms with Gasteiger partial charge in [-0.1, -0.05) is 17.7 Å². The smallest absolute Gasteiger partial charge is 0.227 e. The molecule has 32 heavy (non-hydrogen) atoms. The summed E-state index contributed by atoms with van der Waals surface area (Å²) in [5.74, 6) is 0.818. The van der Waals surface area contributed by atoms with E-state index in [0.29, 0.717) is 22.4 Å². The van der Waals surface area contributed by atoms with E-state index in [9.17, 15) is 4.79 Å². The molecule has 2 aromatic heterocycles. The number of piperazine rings is 1. The highest BCUT2D eigenvalue weighted by Crippen LogP contribution is 2.31. The van der Waals surface area contributed by atoms with E-state index in [0.717, 1.165) is 44.7 Å². The van der Waals surface area contributed by atoms with Crippen LogP contribution in [0.3, 0.4) is 0 Å². The van der Waals surface area contributed by atoms with Crippen molar-refractivity contribution in [1.29, 1.82) is 0 Å². The minimum Gasteiger partial charge on any atom is -0.340 e. The van der Waals surface area contributed by atoms with Crippen LogP contribution in [0.4, 0.5) is 11.6 Å². The van der Waals surface area contributed by atoms with E-state index in [1.807, 2.05) is 11.0 Å². The largest absolute Gasteiger partial charge is 0.340 e. The van der Waals surface area contributed by atoms with Crippen molar-refractivity contribution in [3.63, 3.8) is 0 Å². The summed E-state index contributed by atoms with van der Waals surface area (Å²) in [6.45, 7) is 3.54. The van der Waals surface area contributed by atoms with Crippen LogP contribution in [0.25, 0.3) is 11.4 Å². The molecule has 1 atom stereocenters. The third kappa shape index (κ3) is 4.45. The molecule has 0 spiro atoms. The van der Waals surface area contributed by atoms with Crippen LogP contribution in [-0.2, 0) is 17.6 Å². The van der Waals surface area contributed by atoms with E-state index < -0.39 is 0 Å². The van der Waals surface area contributed by atoms with Gasteiger partial charge in [0.1, 0.15) is 0 Å². The van der Waals surface area contributed by atoms with Crippen LogP contribution in [0, 0.1) is 5.92 Å². The van der Waals surface area contributed by atoms with Gasteiger partial charge in [0.15, 0.2) is 0 Å². The molecule has 164 valence electrons. The molecule has 5 rings (SSSR count). The monoisotopic (exact) mass is 448 g/mol. The van der Waals surface area contributed by atoms with E-state index >= 15 is 0 Å². The van der Waals surface area contributed by atoms with Crippen LogP contribution in [0.5, 0.6) is 0 Å². The highest BCUT2D eigenvalue weighted by atomic mass is 35.5. The van der Waals surface area contributed by atoms with Gasteiger partial charge in [-0.15, -0.1) is 0 Å². The van der Waals surface area contributed by atoms with E-state index in [1.54, 1.807) is 30.6 Å². The van der Waals surface area contributed by atoms with Crippen molar-refractivity contribution < 1.29 is 4.79 Å². The normalized spacial score (nSPS) is 18.4. The summed E-state index contributed by atoms with van der Waals surface area (Å²) in [6, 6.07) is 11.6. The number of nitrogens with zero attached hydrogens (tertiary/aromatic N) is 5. The number of hydrogen-bond donors (Lipinski definition) is 1. The molecule has 1 aliphatic heterocycles. The first-order valence-corrected chi connectivity index (χ1v) is 11.2. The average Bonchev–Trinajstić information content (AvgIpc) is 3.23. The van der Waals surface area contributed by atoms with Crippen LogP contribution in [-0.4, -0.2) is 63.9 Å². The maximum Gasteiger partial charge on any atom is 0.227 e. The first-order chi connectivity index (χ1) is 15.5. The van der Waals surface area contributed by atoms with Gasteiger partial charge >= 0.3 is 0 Å². The molecular formula is C24H25ClN6O. The summed E-state index contributed by atoms with van der Waals surface area (Å²) < 4.78 is 0. The molecule has 2 aliphatic rings. The van der Waals surface area contributed by atoms with Gasteiger partial charge in [0.05, 0.1) is 11.4 Å². The number of carbonyl (C=O) groups is 1. The minimum absolute atomic E-state index is 0.0390. The maximum atomic E-state index is 13.0. The molecule has 0 bridgehead atoms. The zero-order valence-electron chi connectivity index (χ0n) is 18.0. The number of carbonyl (C=O) groups excluding carboxylic acids is 1. The fourth-order valence-corrected chi connectivity index (χ4v) is 4.55. The van der Waals surface area contributed by atoms with Crippen LogP contribution in [0.1, 0.15) is 11.1 Å². The SMILES string of the molecule is CN1CCN(C(=O)C2Cc3ccc(Nc4nccc(-c5cc(Cl)ccn5)n4)cc3C2)CC1. The molecule has 7 nitrogen and oxygen atoms in total. The number of amides is 1. The highest BCUT2D eigenvalue weighted by Gasteiger charge is 2.31. The molecule has 3 heterocycles. The van der Waals surface area contributed by atoms with Crippen molar-refractivity contribution in [3.8, 4) is 11.4 Å². The molecule has 3 aromatic rings. The zero-order chi connectivity index (χ0) is 22.1. The summed E-state index contributed by atoms with van der Waals surface area (Å²) in [4.78, 5) is 30.5. The number of likely N-dealkylation sites (N-methyl/N-ethyl adjacent to an activating group) is 1. The standard InChI is InChI=1S/C24H25ClN6O/c1-30-8-10-31(11-9-30)23(32)18-12-16-2-3-20(14-17(16)13-18)28-24-27-7-5-21(29-24)22-15-19(25)4-6-26-22/h2-7,14-15,18H,8-13H2,1H3,(H,27,28,29). The molecule has 1 aliphatic carbocycles. The van der Waals surface area contributed by atoms with E-state index in [2.05, 4.69) is 44.3 Å². The van der Waals surface area contributed by atoms with Gasteiger partial charge in [0.25, 0.3) is 0 Å². The molecule has 1 amide bonds. The average molecular weight is 449 g/mol. The number of halogens is 1. The fraction of sp³-hybridized carbons (Fsp3) is 0.333. The molecule has 1 saturated heterocycles. The number of fused-ring (bicyclic) bond motifs is 1. The lowest BCUT2D eigenvalue weighted by Gasteiger charge is -2.34. The lowest BCUT2D eigenvalue weighted by molar-refractivity contribution is -0.136. The van der Waals surface area contributed by atoms with Gasteiger partial charge in [-0.3, -0.25) is 9.78 Å². The van der Waals surface area contributed by atoms with Gasteiger partial charge in [0.2, 0.25) is 11.9 Å². The summed E-state index contributed by atoms with van der Waals surface area (Å²) >= 11 is 6.08. The fourth-order valence-electron chi connectivity index (χ4n) is 4.39. The Bertz CT molecular complexity index is 1140. The van der Waals surface area contributed by atoms with Gasteiger partial charge in [0, 0.05) is 55.2 Å². The number of anilines is 2. The van der Waals surface area contributed by atoms with Crippen molar-refractivity contribution in [3.05, 3.63) is 64.9 Å². The Morgan fingerprint density at radius 3 is 2.56 bits per heavy atom. The quantitative estimate of drug-likeness (QED) is 0.659. The molecule has 8 heteroatoms. The Kier molecular flexibility index (Phi) is 5.76. The van der Waals surface area contributed by atoms with Crippen LogP contribution < -0.4 is 5.32 Å².